The van der Waals surface area contributed by atoms with Crippen LogP contribution in [0.3, 0.4) is 0 Å². The van der Waals surface area contributed by atoms with E-state index in [2.05, 4.69) is 26.8 Å². The molecule has 9 heteroatoms. The Balaban J connectivity index is 1.69. The molecule has 0 atom stereocenters. The molecule has 1 saturated heterocycles. The van der Waals surface area contributed by atoms with E-state index in [1.807, 2.05) is 11.8 Å². The minimum absolute atomic E-state index is 0.163. The standard InChI is InChI=1S/C17H25N5O2S2/c1-3-5-6-21(4-2)13(23)11-25-16-14-15(18-12-19-16)20-17(26-14)22-7-9-24-10-8-22/h12H,3-11H2,1-2H3. The Morgan fingerprint density at radius 1 is 1.35 bits per heavy atom. The number of rotatable bonds is 8. The van der Waals surface area contributed by atoms with Crippen LogP contribution in [0.2, 0.25) is 0 Å². The number of thioether (sulfide) groups is 1. The molecule has 1 amide bonds. The highest BCUT2D eigenvalue weighted by Crippen LogP contribution is 2.34. The molecule has 0 unspecified atom stereocenters. The summed E-state index contributed by atoms with van der Waals surface area (Å²) >= 11 is 3.08. The summed E-state index contributed by atoms with van der Waals surface area (Å²) in [6.45, 7) is 8.88. The highest BCUT2D eigenvalue weighted by molar-refractivity contribution is 8.00. The lowest BCUT2D eigenvalue weighted by molar-refractivity contribution is -0.128. The van der Waals surface area contributed by atoms with Crippen molar-refractivity contribution in [2.24, 2.45) is 0 Å². The molecule has 0 radical (unpaired) electrons. The maximum atomic E-state index is 12.5. The molecule has 2 aromatic heterocycles. The number of carbonyl (C=O) groups excluding carboxylic acids is 1. The van der Waals surface area contributed by atoms with E-state index < -0.39 is 0 Å². The number of unbranched alkanes of at least 4 members (excludes halogenated alkanes) is 1. The van der Waals surface area contributed by atoms with Crippen LogP contribution in [-0.4, -0.2) is 70.9 Å². The normalized spacial score (nSPS) is 14.8. The predicted molar refractivity (Wildman–Crippen MR) is 106 cm³/mol. The third-order valence-electron chi connectivity index (χ3n) is 4.28. The van der Waals surface area contributed by atoms with Gasteiger partial charge in [-0.2, -0.15) is 4.98 Å². The summed E-state index contributed by atoms with van der Waals surface area (Å²) in [5.74, 6) is 0.560. The van der Waals surface area contributed by atoms with Crippen LogP contribution in [0.15, 0.2) is 11.4 Å². The van der Waals surface area contributed by atoms with Gasteiger partial charge in [0.1, 0.15) is 16.1 Å². The Morgan fingerprint density at radius 2 is 2.15 bits per heavy atom. The van der Waals surface area contributed by atoms with Crippen molar-refractivity contribution in [1.82, 2.24) is 19.9 Å². The second-order valence-corrected chi connectivity index (χ2v) is 7.98. The number of anilines is 1. The molecule has 1 aliphatic heterocycles. The Bertz CT molecular complexity index is 733. The van der Waals surface area contributed by atoms with E-state index in [0.29, 0.717) is 11.4 Å². The van der Waals surface area contributed by atoms with Crippen molar-refractivity contribution in [3.63, 3.8) is 0 Å². The van der Waals surface area contributed by atoms with Gasteiger partial charge in [0, 0.05) is 26.2 Å². The molecular weight excluding hydrogens is 370 g/mol. The molecule has 0 aliphatic carbocycles. The monoisotopic (exact) mass is 395 g/mol. The molecule has 1 fully saturated rings. The lowest BCUT2D eigenvalue weighted by Crippen LogP contribution is -2.36. The highest BCUT2D eigenvalue weighted by atomic mass is 32.2. The van der Waals surface area contributed by atoms with Crippen LogP contribution in [-0.2, 0) is 9.53 Å². The van der Waals surface area contributed by atoms with Crippen molar-refractivity contribution >= 4 is 44.5 Å². The van der Waals surface area contributed by atoms with E-state index in [1.165, 1.54) is 18.1 Å². The van der Waals surface area contributed by atoms with Crippen LogP contribution in [0.1, 0.15) is 26.7 Å². The number of thiazole rings is 1. The first-order chi connectivity index (χ1) is 12.7. The molecule has 142 valence electrons. The zero-order valence-electron chi connectivity index (χ0n) is 15.3. The average Bonchev–Trinajstić information content (AvgIpc) is 3.12. The number of fused-ring (bicyclic) bond motifs is 1. The largest absolute Gasteiger partial charge is 0.378 e. The molecule has 0 saturated carbocycles. The molecule has 26 heavy (non-hydrogen) atoms. The zero-order chi connectivity index (χ0) is 18.4. The maximum absolute atomic E-state index is 12.5. The van der Waals surface area contributed by atoms with E-state index in [-0.39, 0.29) is 5.91 Å². The average molecular weight is 396 g/mol. The van der Waals surface area contributed by atoms with Crippen LogP contribution in [0.4, 0.5) is 5.13 Å². The van der Waals surface area contributed by atoms with E-state index in [0.717, 1.165) is 67.1 Å². The fourth-order valence-electron chi connectivity index (χ4n) is 2.74. The van der Waals surface area contributed by atoms with Crippen LogP contribution in [0, 0.1) is 0 Å². The van der Waals surface area contributed by atoms with Gasteiger partial charge in [0.25, 0.3) is 0 Å². The lowest BCUT2D eigenvalue weighted by atomic mass is 10.3. The van der Waals surface area contributed by atoms with Gasteiger partial charge in [0.15, 0.2) is 10.8 Å². The third-order valence-corrected chi connectivity index (χ3v) is 6.49. The molecule has 0 N–H and O–H groups in total. The molecule has 2 aromatic rings. The minimum atomic E-state index is 0.163. The third kappa shape index (κ3) is 4.63. The Labute approximate surface area is 162 Å². The number of amides is 1. The zero-order valence-corrected chi connectivity index (χ0v) is 16.9. The first kappa shape index (κ1) is 19.3. The number of nitrogens with zero attached hydrogens (tertiary/aromatic N) is 5. The summed E-state index contributed by atoms with van der Waals surface area (Å²) in [5, 5.41) is 1.79. The molecule has 1 aliphatic rings. The smallest absolute Gasteiger partial charge is 0.232 e. The summed E-state index contributed by atoms with van der Waals surface area (Å²) in [6.07, 6.45) is 3.67. The van der Waals surface area contributed by atoms with Crippen LogP contribution in [0.25, 0.3) is 10.3 Å². The van der Waals surface area contributed by atoms with Gasteiger partial charge in [-0.25, -0.2) is 9.97 Å². The number of ether oxygens (including phenoxy) is 1. The van der Waals surface area contributed by atoms with Crippen LogP contribution in [0.5, 0.6) is 0 Å². The number of hydrogen-bond donors (Lipinski definition) is 0. The van der Waals surface area contributed by atoms with Gasteiger partial charge >= 0.3 is 0 Å². The number of carbonyl (C=O) groups is 1. The van der Waals surface area contributed by atoms with Crippen LogP contribution < -0.4 is 4.90 Å². The summed E-state index contributed by atoms with van der Waals surface area (Å²) in [5.41, 5.74) is 0.708. The SMILES string of the molecule is CCCCN(CC)C(=O)CSc1ncnc2nc(N3CCOCC3)sc12. The number of aromatic nitrogens is 3. The molecular formula is C17H25N5O2S2. The molecule has 7 nitrogen and oxygen atoms in total. The minimum Gasteiger partial charge on any atom is -0.378 e. The Hall–Kier alpha value is -1.45. The summed E-state index contributed by atoms with van der Waals surface area (Å²) in [6, 6.07) is 0. The van der Waals surface area contributed by atoms with Gasteiger partial charge in [-0.3, -0.25) is 4.79 Å². The van der Waals surface area contributed by atoms with Gasteiger partial charge < -0.3 is 14.5 Å². The van der Waals surface area contributed by atoms with E-state index in [1.54, 1.807) is 11.3 Å². The molecule has 0 aromatic carbocycles. The fraction of sp³-hybridized carbons (Fsp3) is 0.647. The fourth-order valence-corrected chi connectivity index (χ4v) is 4.79. The van der Waals surface area contributed by atoms with E-state index in [9.17, 15) is 4.79 Å². The van der Waals surface area contributed by atoms with Crippen molar-refractivity contribution in [2.75, 3.05) is 50.0 Å². The molecule has 0 bridgehead atoms. The van der Waals surface area contributed by atoms with E-state index in [4.69, 9.17) is 4.74 Å². The molecule has 3 heterocycles. The highest BCUT2D eigenvalue weighted by Gasteiger charge is 2.19. The van der Waals surface area contributed by atoms with Crippen molar-refractivity contribution in [1.29, 1.82) is 0 Å². The second kappa shape index (κ2) is 9.48. The van der Waals surface area contributed by atoms with Gasteiger partial charge in [-0.15, -0.1) is 0 Å². The topological polar surface area (TPSA) is 71.5 Å². The Morgan fingerprint density at radius 3 is 2.88 bits per heavy atom. The van der Waals surface area contributed by atoms with E-state index >= 15 is 0 Å². The number of morpholine rings is 1. The lowest BCUT2D eigenvalue weighted by Gasteiger charge is -2.25. The van der Waals surface area contributed by atoms with Crippen molar-refractivity contribution in [3.05, 3.63) is 6.33 Å². The summed E-state index contributed by atoms with van der Waals surface area (Å²) in [7, 11) is 0. The maximum Gasteiger partial charge on any atom is 0.232 e. The predicted octanol–water partition coefficient (Wildman–Crippen LogP) is 2.66. The first-order valence-corrected chi connectivity index (χ1v) is 10.9. The van der Waals surface area contributed by atoms with Crippen molar-refractivity contribution in [2.45, 2.75) is 31.7 Å². The first-order valence-electron chi connectivity index (χ1n) is 9.07. The summed E-state index contributed by atoms with van der Waals surface area (Å²) < 4.78 is 6.37. The van der Waals surface area contributed by atoms with Gasteiger partial charge in [-0.05, 0) is 13.3 Å². The number of hydrogen-bond acceptors (Lipinski definition) is 8. The molecule has 3 rings (SSSR count). The Kier molecular flexibility index (Phi) is 7.04. The van der Waals surface area contributed by atoms with Crippen molar-refractivity contribution < 1.29 is 9.53 Å². The molecule has 0 spiro atoms. The van der Waals surface area contributed by atoms with Gasteiger partial charge in [-0.1, -0.05) is 36.4 Å². The van der Waals surface area contributed by atoms with Crippen LogP contribution >= 0.6 is 23.1 Å². The van der Waals surface area contributed by atoms with Gasteiger partial charge in [0.05, 0.1) is 19.0 Å². The van der Waals surface area contributed by atoms with Gasteiger partial charge in [0.2, 0.25) is 5.91 Å². The quantitative estimate of drug-likeness (QED) is 0.503. The second-order valence-electron chi connectivity index (χ2n) is 6.04. The summed E-state index contributed by atoms with van der Waals surface area (Å²) in [4.78, 5) is 29.9. The van der Waals surface area contributed by atoms with Crippen molar-refractivity contribution in [3.8, 4) is 0 Å².